The van der Waals surface area contributed by atoms with Gasteiger partial charge in [-0.05, 0) is 44.4 Å². The number of hydrogen-bond acceptors (Lipinski definition) is 4. The molecule has 3 rings (SSSR count). The van der Waals surface area contributed by atoms with Crippen molar-refractivity contribution < 1.29 is 13.2 Å². The molecule has 27 heavy (non-hydrogen) atoms. The number of aryl methyl sites for hydroxylation is 2. The van der Waals surface area contributed by atoms with Gasteiger partial charge in [-0.3, -0.25) is 9.48 Å². The van der Waals surface area contributed by atoms with Gasteiger partial charge in [0, 0.05) is 44.0 Å². The van der Waals surface area contributed by atoms with E-state index in [0.29, 0.717) is 37.4 Å². The Morgan fingerprint density at radius 2 is 1.89 bits per heavy atom. The summed E-state index contributed by atoms with van der Waals surface area (Å²) in [5, 5.41) is 7.19. The largest absolute Gasteiger partial charge is 0.356 e. The number of amides is 1. The zero-order valence-electron chi connectivity index (χ0n) is 15.5. The summed E-state index contributed by atoms with van der Waals surface area (Å²) >= 11 is 0. The first-order chi connectivity index (χ1) is 13.0. The number of hydrogen-bond donors (Lipinski definition) is 1. The molecule has 0 bridgehead atoms. The van der Waals surface area contributed by atoms with Crippen molar-refractivity contribution in [2.24, 2.45) is 5.92 Å². The van der Waals surface area contributed by atoms with E-state index in [-0.39, 0.29) is 11.8 Å². The maximum atomic E-state index is 12.6. The van der Waals surface area contributed by atoms with Crippen molar-refractivity contribution in [3.8, 4) is 0 Å². The topological polar surface area (TPSA) is 84.3 Å². The van der Waals surface area contributed by atoms with Crippen LogP contribution in [0, 0.1) is 12.8 Å². The molecule has 7 nitrogen and oxygen atoms in total. The van der Waals surface area contributed by atoms with Crippen LogP contribution in [-0.4, -0.2) is 48.0 Å². The van der Waals surface area contributed by atoms with E-state index in [0.717, 1.165) is 18.7 Å². The van der Waals surface area contributed by atoms with Gasteiger partial charge in [-0.1, -0.05) is 18.2 Å². The minimum absolute atomic E-state index is 0.0175. The molecule has 1 saturated heterocycles. The Morgan fingerprint density at radius 1 is 1.19 bits per heavy atom. The van der Waals surface area contributed by atoms with E-state index in [1.165, 1.54) is 4.31 Å². The van der Waals surface area contributed by atoms with E-state index in [9.17, 15) is 13.2 Å². The highest BCUT2D eigenvalue weighted by Crippen LogP contribution is 2.23. The summed E-state index contributed by atoms with van der Waals surface area (Å²) in [5.41, 5.74) is 1.10. The van der Waals surface area contributed by atoms with Gasteiger partial charge in [0.1, 0.15) is 0 Å². The Labute approximate surface area is 160 Å². The van der Waals surface area contributed by atoms with Crippen molar-refractivity contribution in [2.75, 3.05) is 19.6 Å². The van der Waals surface area contributed by atoms with Gasteiger partial charge in [-0.25, -0.2) is 8.42 Å². The Bertz CT molecular complexity index is 856. The van der Waals surface area contributed by atoms with Crippen LogP contribution in [0.15, 0.2) is 47.5 Å². The smallest absolute Gasteiger partial charge is 0.243 e. The molecule has 1 amide bonds. The van der Waals surface area contributed by atoms with Crippen molar-refractivity contribution in [3.63, 3.8) is 0 Å². The van der Waals surface area contributed by atoms with Crippen LogP contribution in [0.5, 0.6) is 0 Å². The fourth-order valence-corrected chi connectivity index (χ4v) is 4.81. The first kappa shape index (κ1) is 19.6. The van der Waals surface area contributed by atoms with Gasteiger partial charge < -0.3 is 5.32 Å². The second-order valence-electron chi connectivity index (χ2n) is 6.83. The highest BCUT2D eigenvalue weighted by molar-refractivity contribution is 7.89. The molecule has 1 aromatic heterocycles. The van der Waals surface area contributed by atoms with E-state index in [1.54, 1.807) is 36.5 Å². The number of nitrogens with one attached hydrogen (secondary N) is 1. The Hall–Kier alpha value is -2.19. The first-order valence-corrected chi connectivity index (χ1v) is 10.7. The third kappa shape index (κ3) is 4.75. The zero-order chi connectivity index (χ0) is 19.3. The lowest BCUT2D eigenvalue weighted by molar-refractivity contribution is -0.126. The molecule has 0 unspecified atom stereocenters. The van der Waals surface area contributed by atoms with Crippen molar-refractivity contribution in [3.05, 3.63) is 48.3 Å². The molecule has 146 valence electrons. The zero-order valence-corrected chi connectivity index (χ0v) is 16.4. The minimum atomic E-state index is -3.47. The van der Waals surface area contributed by atoms with Crippen LogP contribution in [0.3, 0.4) is 0 Å². The molecule has 1 N–H and O–H groups in total. The average molecular weight is 391 g/mol. The van der Waals surface area contributed by atoms with Gasteiger partial charge in [-0.2, -0.15) is 9.40 Å². The molecule has 1 fully saturated rings. The van der Waals surface area contributed by atoms with Gasteiger partial charge in [0.15, 0.2) is 0 Å². The van der Waals surface area contributed by atoms with Crippen LogP contribution >= 0.6 is 0 Å². The summed E-state index contributed by atoms with van der Waals surface area (Å²) in [7, 11) is -3.47. The van der Waals surface area contributed by atoms with Gasteiger partial charge in [0.25, 0.3) is 0 Å². The molecule has 8 heteroatoms. The molecule has 2 aromatic rings. The fraction of sp³-hybridized carbons (Fsp3) is 0.474. The van der Waals surface area contributed by atoms with E-state index in [4.69, 9.17) is 0 Å². The van der Waals surface area contributed by atoms with Crippen molar-refractivity contribution in [1.82, 2.24) is 19.4 Å². The minimum Gasteiger partial charge on any atom is -0.356 e. The van der Waals surface area contributed by atoms with Crippen molar-refractivity contribution >= 4 is 15.9 Å². The van der Waals surface area contributed by atoms with Crippen LogP contribution in [0.2, 0.25) is 0 Å². The third-order valence-electron chi connectivity index (χ3n) is 4.98. The maximum Gasteiger partial charge on any atom is 0.243 e. The van der Waals surface area contributed by atoms with E-state index in [1.807, 2.05) is 17.7 Å². The SMILES string of the molecule is Cc1ccnn1CCCNC(=O)C1CCN(S(=O)(=O)c2ccccc2)CC1. The van der Waals surface area contributed by atoms with Gasteiger partial charge in [0.2, 0.25) is 15.9 Å². The summed E-state index contributed by atoms with van der Waals surface area (Å²) in [5.74, 6) is -0.109. The van der Waals surface area contributed by atoms with Crippen LogP contribution < -0.4 is 5.32 Å². The Kier molecular flexibility index (Phi) is 6.28. The van der Waals surface area contributed by atoms with Crippen LogP contribution in [-0.2, 0) is 21.4 Å². The fourth-order valence-electron chi connectivity index (χ4n) is 3.32. The predicted octanol–water partition coefficient (Wildman–Crippen LogP) is 1.80. The molecular weight excluding hydrogens is 364 g/mol. The lowest BCUT2D eigenvalue weighted by Gasteiger charge is -2.30. The molecule has 2 heterocycles. The van der Waals surface area contributed by atoms with E-state index in [2.05, 4.69) is 10.4 Å². The third-order valence-corrected chi connectivity index (χ3v) is 6.89. The average Bonchev–Trinajstić information content (AvgIpc) is 3.10. The Morgan fingerprint density at radius 3 is 2.52 bits per heavy atom. The lowest BCUT2D eigenvalue weighted by atomic mass is 9.97. The predicted molar refractivity (Wildman–Crippen MR) is 103 cm³/mol. The van der Waals surface area contributed by atoms with Crippen LogP contribution in [0.25, 0.3) is 0 Å². The highest BCUT2D eigenvalue weighted by Gasteiger charge is 2.31. The number of nitrogens with zero attached hydrogens (tertiary/aromatic N) is 3. The van der Waals surface area contributed by atoms with E-state index >= 15 is 0 Å². The van der Waals surface area contributed by atoms with Gasteiger partial charge in [-0.15, -0.1) is 0 Å². The molecule has 0 radical (unpaired) electrons. The number of piperidine rings is 1. The first-order valence-electron chi connectivity index (χ1n) is 9.30. The van der Waals surface area contributed by atoms with E-state index < -0.39 is 10.0 Å². The molecule has 0 atom stereocenters. The molecule has 0 spiro atoms. The molecule has 1 aliphatic heterocycles. The summed E-state index contributed by atoms with van der Waals surface area (Å²) < 4.78 is 28.7. The maximum absolute atomic E-state index is 12.6. The normalized spacial score (nSPS) is 16.3. The summed E-state index contributed by atoms with van der Waals surface area (Å²) in [4.78, 5) is 12.7. The molecule has 0 aliphatic carbocycles. The standard InChI is InChI=1S/C19H26N4O3S/c1-16-8-12-21-23(16)13-5-11-20-19(24)17-9-14-22(15-10-17)27(25,26)18-6-3-2-4-7-18/h2-4,6-8,12,17H,5,9-11,13-15H2,1H3,(H,20,24). The summed E-state index contributed by atoms with van der Waals surface area (Å²) in [6.07, 6.45) is 3.69. The summed E-state index contributed by atoms with van der Waals surface area (Å²) in [6.45, 7) is 4.12. The number of carbonyl (C=O) groups excluding carboxylic acids is 1. The lowest BCUT2D eigenvalue weighted by Crippen LogP contribution is -2.43. The quantitative estimate of drug-likeness (QED) is 0.731. The van der Waals surface area contributed by atoms with Gasteiger partial charge in [0.05, 0.1) is 4.90 Å². The Balaban J connectivity index is 1.43. The molecule has 1 aliphatic rings. The molecule has 0 saturated carbocycles. The van der Waals surface area contributed by atoms with Gasteiger partial charge >= 0.3 is 0 Å². The molecule has 1 aromatic carbocycles. The number of benzene rings is 1. The highest BCUT2D eigenvalue weighted by atomic mass is 32.2. The van der Waals surface area contributed by atoms with Crippen LogP contribution in [0.1, 0.15) is 25.0 Å². The number of sulfonamides is 1. The summed E-state index contributed by atoms with van der Waals surface area (Å²) in [6, 6.07) is 10.4. The van der Waals surface area contributed by atoms with Crippen LogP contribution in [0.4, 0.5) is 0 Å². The number of aromatic nitrogens is 2. The second kappa shape index (κ2) is 8.67. The van der Waals surface area contributed by atoms with Crippen molar-refractivity contribution in [1.29, 1.82) is 0 Å². The van der Waals surface area contributed by atoms with Crippen molar-refractivity contribution in [2.45, 2.75) is 37.6 Å². The number of rotatable bonds is 7. The molecular formula is C19H26N4O3S. The number of carbonyl (C=O) groups is 1. The second-order valence-corrected chi connectivity index (χ2v) is 8.77. The monoisotopic (exact) mass is 390 g/mol.